The highest BCUT2D eigenvalue weighted by Gasteiger charge is 2.53. The molecule has 21 heavy (non-hydrogen) atoms. The molecule has 3 heteroatoms. The summed E-state index contributed by atoms with van der Waals surface area (Å²) < 4.78 is 5.97. The summed E-state index contributed by atoms with van der Waals surface area (Å²) in [6, 6.07) is 7.50. The molecule has 0 spiro atoms. The summed E-state index contributed by atoms with van der Waals surface area (Å²) in [7, 11) is -1.21. The zero-order valence-electron chi connectivity index (χ0n) is 13.6. The van der Waals surface area contributed by atoms with Crippen LogP contribution in [-0.2, 0) is 5.60 Å². The van der Waals surface area contributed by atoms with Crippen molar-refractivity contribution in [3.8, 4) is 5.75 Å². The van der Waals surface area contributed by atoms with Gasteiger partial charge in [0.15, 0.2) is 0 Å². The monoisotopic (exact) mass is 304 g/mol. The van der Waals surface area contributed by atoms with Crippen LogP contribution in [0.25, 0.3) is 0 Å². The molecule has 0 amide bonds. The van der Waals surface area contributed by atoms with E-state index in [0.717, 1.165) is 37.2 Å². The van der Waals surface area contributed by atoms with Crippen LogP contribution in [0.4, 0.5) is 0 Å². The average Bonchev–Trinajstić information content (AvgIpc) is 2.42. The molecule has 3 rings (SSSR count). The van der Waals surface area contributed by atoms with E-state index in [4.69, 9.17) is 4.74 Å². The second-order valence-electron chi connectivity index (χ2n) is 7.97. The molecule has 1 N–H and O–H groups in total. The molecule has 2 nitrogen and oxygen atoms in total. The number of ether oxygens (including phenoxy) is 1. The first-order valence-electron chi connectivity index (χ1n) is 8.40. The lowest BCUT2D eigenvalue weighted by Gasteiger charge is -2.50. The SMILES string of the molecule is C[Si](C)(C)C[C@H]1c2cccc3c2[C@@]1(O)CCCCCCO3. The van der Waals surface area contributed by atoms with Crippen LogP contribution in [0.5, 0.6) is 5.75 Å². The maximum atomic E-state index is 11.4. The van der Waals surface area contributed by atoms with Gasteiger partial charge in [0.05, 0.1) is 6.61 Å². The molecular formula is C18H28O2Si. The Morgan fingerprint density at radius 3 is 2.71 bits per heavy atom. The second kappa shape index (κ2) is 5.44. The lowest BCUT2D eigenvalue weighted by molar-refractivity contribution is -0.0292. The van der Waals surface area contributed by atoms with Gasteiger partial charge in [0.1, 0.15) is 11.4 Å². The Balaban J connectivity index is 1.98. The summed E-state index contributed by atoms with van der Waals surface area (Å²) in [5, 5.41) is 11.4. The fourth-order valence-corrected chi connectivity index (χ4v) is 5.78. The highest BCUT2D eigenvalue weighted by molar-refractivity contribution is 6.76. The smallest absolute Gasteiger partial charge is 0.125 e. The van der Waals surface area contributed by atoms with Crippen LogP contribution in [0.2, 0.25) is 25.7 Å². The number of rotatable bonds is 2. The maximum Gasteiger partial charge on any atom is 0.125 e. The van der Waals surface area contributed by atoms with Gasteiger partial charge in [-0.1, -0.05) is 51.0 Å². The van der Waals surface area contributed by atoms with Crippen LogP contribution in [-0.4, -0.2) is 19.8 Å². The molecular weight excluding hydrogens is 276 g/mol. The molecule has 0 saturated carbocycles. The van der Waals surface area contributed by atoms with Gasteiger partial charge >= 0.3 is 0 Å². The van der Waals surface area contributed by atoms with E-state index < -0.39 is 13.7 Å². The normalized spacial score (nSPS) is 29.0. The van der Waals surface area contributed by atoms with Crippen LogP contribution < -0.4 is 4.74 Å². The minimum absolute atomic E-state index is 0.321. The Labute approximate surface area is 129 Å². The molecule has 0 unspecified atom stereocenters. The molecule has 1 aromatic carbocycles. The van der Waals surface area contributed by atoms with E-state index in [0.29, 0.717) is 5.92 Å². The molecule has 2 atom stereocenters. The van der Waals surface area contributed by atoms with Crippen LogP contribution in [0.3, 0.4) is 0 Å². The summed E-state index contributed by atoms with van der Waals surface area (Å²) in [5.41, 5.74) is 1.82. The lowest BCUT2D eigenvalue weighted by atomic mass is 9.62. The Morgan fingerprint density at radius 1 is 1.19 bits per heavy atom. The zero-order valence-corrected chi connectivity index (χ0v) is 14.6. The largest absolute Gasteiger partial charge is 0.493 e. The second-order valence-corrected chi connectivity index (χ2v) is 13.5. The summed E-state index contributed by atoms with van der Waals surface area (Å²) in [6.45, 7) is 7.98. The lowest BCUT2D eigenvalue weighted by Crippen LogP contribution is -2.47. The Bertz CT molecular complexity index is 520. The molecule has 1 aliphatic heterocycles. The first-order chi connectivity index (χ1) is 9.92. The van der Waals surface area contributed by atoms with Crippen molar-refractivity contribution < 1.29 is 9.84 Å². The van der Waals surface area contributed by atoms with E-state index in [1.165, 1.54) is 24.4 Å². The van der Waals surface area contributed by atoms with Gasteiger partial charge < -0.3 is 9.84 Å². The minimum Gasteiger partial charge on any atom is -0.493 e. The van der Waals surface area contributed by atoms with Crippen molar-refractivity contribution in [2.24, 2.45) is 0 Å². The Hall–Kier alpha value is -0.803. The highest BCUT2D eigenvalue weighted by atomic mass is 28.3. The predicted octanol–water partition coefficient (Wildman–Crippen LogP) is 4.65. The third kappa shape index (κ3) is 2.78. The summed E-state index contributed by atoms with van der Waals surface area (Å²) in [6.07, 6.45) is 5.58. The van der Waals surface area contributed by atoms with Gasteiger partial charge in [-0.15, -0.1) is 0 Å². The Morgan fingerprint density at radius 2 is 1.95 bits per heavy atom. The van der Waals surface area contributed by atoms with E-state index in [2.05, 4.69) is 31.8 Å². The molecule has 0 saturated heterocycles. The first kappa shape index (κ1) is 15.1. The van der Waals surface area contributed by atoms with Crippen molar-refractivity contribution in [3.63, 3.8) is 0 Å². The molecule has 0 bridgehead atoms. The fraction of sp³-hybridized carbons (Fsp3) is 0.667. The number of hydrogen-bond donors (Lipinski definition) is 1. The van der Waals surface area contributed by atoms with Crippen molar-refractivity contribution >= 4 is 8.07 Å². The molecule has 0 radical (unpaired) electrons. The van der Waals surface area contributed by atoms with Gasteiger partial charge in [0.25, 0.3) is 0 Å². The summed E-state index contributed by atoms with van der Waals surface area (Å²) in [5.74, 6) is 1.26. The molecule has 0 fully saturated rings. The third-order valence-corrected chi connectivity index (χ3v) is 6.60. The van der Waals surface area contributed by atoms with Crippen LogP contribution in [0, 0.1) is 0 Å². The molecule has 1 aliphatic carbocycles. The van der Waals surface area contributed by atoms with E-state index >= 15 is 0 Å². The molecule has 2 aliphatic rings. The van der Waals surface area contributed by atoms with E-state index in [-0.39, 0.29) is 0 Å². The van der Waals surface area contributed by atoms with E-state index in [1.807, 2.05) is 6.07 Å². The number of hydrogen-bond acceptors (Lipinski definition) is 2. The zero-order chi connectivity index (χ0) is 15.1. The highest BCUT2D eigenvalue weighted by Crippen LogP contribution is 2.59. The van der Waals surface area contributed by atoms with Crippen molar-refractivity contribution in [1.29, 1.82) is 0 Å². The molecule has 1 heterocycles. The van der Waals surface area contributed by atoms with Gasteiger partial charge in [-0.05, 0) is 30.5 Å². The van der Waals surface area contributed by atoms with Gasteiger partial charge in [0, 0.05) is 19.6 Å². The molecule has 116 valence electrons. The van der Waals surface area contributed by atoms with E-state index in [1.54, 1.807) is 0 Å². The van der Waals surface area contributed by atoms with Crippen molar-refractivity contribution in [3.05, 3.63) is 29.3 Å². The van der Waals surface area contributed by atoms with Gasteiger partial charge in [0.2, 0.25) is 0 Å². The van der Waals surface area contributed by atoms with Crippen LogP contribution in [0.15, 0.2) is 18.2 Å². The van der Waals surface area contributed by atoms with Crippen LogP contribution >= 0.6 is 0 Å². The van der Waals surface area contributed by atoms with Crippen molar-refractivity contribution in [2.45, 2.75) is 69.3 Å². The molecule has 1 aromatic rings. The van der Waals surface area contributed by atoms with Gasteiger partial charge in [-0.3, -0.25) is 0 Å². The molecule has 0 aromatic heterocycles. The van der Waals surface area contributed by atoms with Gasteiger partial charge in [-0.2, -0.15) is 0 Å². The van der Waals surface area contributed by atoms with E-state index in [9.17, 15) is 5.11 Å². The summed E-state index contributed by atoms with van der Waals surface area (Å²) >= 11 is 0. The number of aliphatic hydroxyl groups is 1. The van der Waals surface area contributed by atoms with Crippen molar-refractivity contribution in [1.82, 2.24) is 0 Å². The van der Waals surface area contributed by atoms with Crippen LogP contribution in [0.1, 0.15) is 49.1 Å². The predicted molar refractivity (Wildman–Crippen MR) is 89.8 cm³/mol. The van der Waals surface area contributed by atoms with Gasteiger partial charge in [-0.25, -0.2) is 0 Å². The Kier molecular flexibility index (Phi) is 3.91. The van der Waals surface area contributed by atoms with Crippen molar-refractivity contribution in [2.75, 3.05) is 6.61 Å². The quantitative estimate of drug-likeness (QED) is 0.806. The number of benzene rings is 1. The maximum absolute atomic E-state index is 11.4. The first-order valence-corrected chi connectivity index (χ1v) is 12.1. The summed E-state index contributed by atoms with van der Waals surface area (Å²) in [4.78, 5) is 0. The topological polar surface area (TPSA) is 29.5 Å². The standard InChI is InChI=1S/C18H28O2Si/c1-21(2,3)13-15-14-9-8-10-16-17(14)18(15,19)11-6-4-5-7-12-20-16/h8-10,15,19H,4-7,11-13H2,1-3H3/t15-,18+/m0/s1. The fourth-order valence-electron chi connectivity index (χ4n) is 4.00. The average molecular weight is 305 g/mol. The third-order valence-electron chi connectivity index (χ3n) is 4.97. The minimum atomic E-state index is -1.21.